The standard InChI is InChI=1S/C19H14N2OS/c1-21-16-11-4-5-12-17(16)23-19(21)20-18(22)15-10-6-8-13-7-2-3-9-14(13)15/h2-12H,1H3. The molecule has 0 aliphatic carbocycles. The molecule has 23 heavy (non-hydrogen) atoms. The minimum absolute atomic E-state index is 0.205. The van der Waals surface area contributed by atoms with Crippen molar-refractivity contribution in [1.29, 1.82) is 0 Å². The molecule has 1 heterocycles. The summed E-state index contributed by atoms with van der Waals surface area (Å²) in [6, 6.07) is 21.7. The van der Waals surface area contributed by atoms with Crippen LogP contribution in [0.2, 0.25) is 0 Å². The van der Waals surface area contributed by atoms with E-state index in [0.29, 0.717) is 10.4 Å². The molecule has 0 bridgehead atoms. The van der Waals surface area contributed by atoms with Gasteiger partial charge in [-0.1, -0.05) is 59.9 Å². The van der Waals surface area contributed by atoms with Crippen molar-refractivity contribution in [2.45, 2.75) is 0 Å². The van der Waals surface area contributed by atoms with Gasteiger partial charge in [-0.25, -0.2) is 0 Å². The van der Waals surface area contributed by atoms with Gasteiger partial charge in [0.25, 0.3) is 5.91 Å². The number of aromatic nitrogens is 1. The van der Waals surface area contributed by atoms with Crippen LogP contribution in [0.5, 0.6) is 0 Å². The fourth-order valence-electron chi connectivity index (χ4n) is 2.75. The smallest absolute Gasteiger partial charge is 0.280 e. The van der Waals surface area contributed by atoms with E-state index in [0.717, 1.165) is 21.0 Å². The van der Waals surface area contributed by atoms with Crippen LogP contribution >= 0.6 is 11.3 Å². The maximum Gasteiger partial charge on any atom is 0.280 e. The van der Waals surface area contributed by atoms with Crippen molar-refractivity contribution in [2.24, 2.45) is 12.0 Å². The number of nitrogens with zero attached hydrogens (tertiary/aromatic N) is 2. The molecule has 0 N–H and O–H groups in total. The largest absolute Gasteiger partial charge is 0.319 e. The van der Waals surface area contributed by atoms with Crippen molar-refractivity contribution in [3.8, 4) is 0 Å². The predicted octanol–water partition coefficient (Wildman–Crippen LogP) is 4.13. The number of hydrogen-bond acceptors (Lipinski definition) is 2. The average Bonchev–Trinajstić information content (AvgIpc) is 2.90. The van der Waals surface area contributed by atoms with Crippen LogP contribution in [0.4, 0.5) is 0 Å². The number of para-hydroxylation sites is 1. The lowest BCUT2D eigenvalue weighted by Crippen LogP contribution is -2.13. The first-order valence-corrected chi connectivity index (χ1v) is 8.17. The molecule has 1 amide bonds. The van der Waals surface area contributed by atoms with Gasteiger partial charge in [0.2, 0.25) is 0 Å². The highest BCUT2D eigenvalue weighted by Crippen LogP contribution is 2.20. The van der Waals surface area contributed by atoms with Gasteiger partial charge in [-0.2, -0.15) is 4.99 Å². The highest BCUT2D eigenvalue weighted by atomic mass is 32.1. The summed E-state index contributed by atoms with van der Waals surface area (Å²) in [6.07, 6.45) is 0. The van der Waals surface area contributed by atoms with Gasteiger partial charge in [0, 0.05) is 12.6 Å². The maximum absolute atomic E-state index is 12.7. The summed E-state index contributed by atoms with van der Waals surface area (Å²) in [5.74, 6) is -0.205. The molecule has 112 valence electrons. The molecule has 0 saturated heterocycles. The molecule has 4 aromatic rings. The number of benzene rings is 3. The topological polar surface area (TPSA) is 34.4 Å². The fraction of sp³-hybridized carbons (Fsp3) is 0.0526. The molecular formula is C19H14N2OS. The fourth-order valence-corrected chi connectivity index (χ4v) is 3.76. The Morgan fingerprint density at radius 1 is 0.957 bits per heavy atom. The Morgan fingerprint density at radius 3 is 2.57 bits per heavy atom. The van der Waals surface area contributed by atoms with Gasteiger partial charge in [-0.05, 0) is 29.0 Å². The summed E-state index contributed by atoms with van der Waals surface area (Å²) in [6.45, 7) is 0. The number of thiazole rings is 1. The third-order valence-electron chi connectivity index (χ3n) is 3.93. The molecule has 3 aromatic carbocycles. The zero-order valence-electron chi connectivity index (χ0n) is 12.6. The molecule has 0 aliphatic rings. The van der Waals surface area contributed by atoms with E-state index in [2.05, 4.69) is 4.99 Å². The monoisotopic (exact) mass is 318 g/mol. The molecule has 0 radical (unpaired) electrons. The van der Waals surface area contributed by atoms with Crippen molar-refractivity contribution in [1.82, 2.24) is 4.57 Å². The second-order valence-electron chi connectivity index (χ2n) is 5.36. The van der Waals surface area contributed by atoms with Crippen LogP contribution < -0.4 is 4.80 Å². The Morgan fingerprint density at radius 2 is 1.70 bits per heavy atom. The number of carbonyl (C=O) groups is 1. The number of amides is 1. The number of rotatable bonds is 1. The van der Waals surface area contributed by atoms with Crippen LogP contribution in [-0.4, -0.2) is 10.5 Å². The van der Waals surface area contributed by atoms with Crippen molar-refractivity contribution in [3.05, 3.63) is 77.1 Å². The lowest BCUT2D eigenvalue weighted by atomic mass is 10.0. The van der Waals surface area contributed by atoms with Crippen molar-refractivity contribution in [3.63, 3.8) is 0 Å². The molecule has 0 aliphatic heterocycles. The van der Waals surface area contributed by atoms with Crippen LogP contribution in [0.25, 0.3) is 21.0 Å². The molecule has 0 spiro atoms. The second-order valence-corrected chi connectivity index (χ2v) is 6.36. The summed E-state index contributed by atoms with van der Waals surface area (Å²) in [7, 11) is 1.94. The van der Waals surface area contributed by atoms with Crippen molar-refractivity contribution >= 4 is 38.2 Å². The summed E-state index contributed by atoms with van der Waals surface area (Å²) in [4.78, 5) is 17.8. The van der Waals surface area contributed by atoms with E-state index in [1.807, 2.05) is 78.3 Å². The Hall–Kier alpha value is -2.72. The van der Waals surface area contributed by atoms with E-state index in [1.54, 1.807) is 0 Å². The lowest BCUT2D eigenvalue weighted by Gasteiger charge is -2.02. The first-order valence-electron chi connectivity index (χ1n) is 7.35. The van der Waals surface area contributed by atoms with Crippen LogP contribution in [0, 0.1) is 0 Å². The number of aryl methyl sites for hydroxylation is 1. The minimum atomic E-state index is -0.205. The average molecular weight is 318 g/mol. The Balaban J connectivity index is 1.89. The molecule has 0 atom stereocenters. The molecule has 0 unspecified atom stereocenters. The third-order valence-corrected chi connectivity index (χ3v) is 5.04. The van der Waals surface area contributed by atoms with E-state index in [4.69, 9.17) is 0 Å². The Labute approximate surface area is 137 Å². The van der Waals surface area contributed by atoms with Gasteiger partial charge in [-0.15, -0.1) is 0 Å². The Bertz CT molecular complexity index is 1100. The van der Waals surface area contributed by atoms with Crippen molar-refractivity contribution < 1.29 is 4.79 Å². The summed E-state index contributed by atoms with van der Waals surface area (Å²) in [5.41, 5.74) is 1.72. The van der Waals surface area contributed by atoms with Gasteiger partial charge in [0.1, 0.15) is 0 Å². The van der Waals surface area contributed by atoms with Gasteiger partial charge < -0.3 is 4.57 Å². The van der Waals surface area contributed by atoms with E-state index >= 15 is 0 Å². The van der Waals surface area contributed by atoms with Crippen LogP contribution in [0.1, 0.15) is 10.4 Å². The molecular weight excluding hydrogens is 304 g/mol. The quantitative estimate of drug-likeness (QED) is 0.519. The van der Waals surface area contributed by atoms with Crippen LogP contribution in [-0.2, 0) is 7.05 Å². The first kappa shape index (κ1) is 13.9. The first-order chi connectivity index (χ1) is 11.2. The second kappa shape index (κ2) is 5.48. The van der Waals surface area contributed by atoms with Gasteiger partial charge in [-0.3, -0.25) is 4.79 Å². The SMILES string of the molecule is Cn1c(=NC(=O)c2cccc3ccccc23)sc2ccccc21. The normalized spacial score (nSPS) is 12.1. The molecule has 4 heteroatoms. The van der Waals surface area contributed by atoms with Crippen LogP contribution in [0.3, 0.4) is 0 Å². The molecule has 0 saturated carbocycles. The zero-order chi connectivity index (χ0) is 15.8. The molecule has 4 rings (SSSR count). The van der Waals surface area contributed by atoms with E-state index in [1.165, 1.54) is 11.3 Å². The lowest BCUT2D eigenvalue weighted by molar-refractivity contribution is 0.0999. The summed E-state index contributed by atoms with van der Waals surface area (Å²) >= 11 is 1.53. The highest BCUT2D eigenvalue weighted by molar-refractivity contribution is 7.16. The predicted molar refractivity (Wildman–Crippen MR) is 94.6 cm³/mol. The van der Waals surface area contributed by atoms with Gasteiger partial charge >= 0.3 is 0 Å². The Kier molecular flexibility index (Phi) is 3.32. The number of hydrogen-bond donors (Lipinski definition) is 0. The van der Waals surface area contributed by atoms with Gasteiger partial charge in [0.15, 0.2) is 4.80 Å². The summed E-state index contributed by atoms with van der Waals surface area (Å²) < 4.78 is 3.09. The minimum Gasteiger partial charge on any atom is -0.319 e. The third kappa shape index (κ3) is 2.37. The summed E-state index contributed by atoms with van der Waals surface area (Å²) in [5, 5.41) is 1.99. The van der Waals surface area contributed by atoms with E-state index < -0.39 is 0 Å². The van der Waals surface area contributed by atoms with Crippen molar-refractivity contribution in [2.75, 3.05) is 0 Å². The molecule has 0 fully saturated rings. The van der Waals surface area contributed by atoms with E-state index in [9.17, 15) is 4.79 Å². The zero-order valence-corrected chi connectivity index (χ0v) is 13.4. The number of fused-ring (bicyclic) bond motifs is 2. The molecule has 1 aromatic heterocycles. The molecule has 3 nitrogen and oxygen atoms in total. The maximum atomic E-state index is 12.7. The van der Waals surface area contributed by atoms with Crippen LogP contribution in [0.15, 0.2) is 71.7 Å². The van der Waals surface area contributed by atoms with Gasteiger partial charge in [0.05, 0.1) is 10.2 Å². The number of carbonyl (C=O) groups excluding carboxylic acids is 1. The highest BCUT2D eigenvalue weighted by Gasteiger charge is 2.10. The van der Waals surface area contributed by atoms with E-state index in [-0.39, 0.29) is 5.91 Å².